The van der Waals surface area contributed by atoms with Crippen LogP contribution in [-0.4, -0.2) is 56.4 Å². The van der Waals surface area contributed by atoms with Gasteiger partial charge in [-0.2, -0.15) is 0 Å². The first kappa shape index (κ1) is 18.1. The van der Waals surface area contributed by atoms with Gasteiger partial charge in [0.2, 0.25) is 11.8 Å². The third kappa shape index (κ3) is 4.10. The zero-order chi connectivity index (χ0) is 18.7. The monoisotopic (exact) mass is 377 g/mol. The number of fused-ring (bicyclic) bond motifs is 1. The van der Waals surface area contributed by atoms with Crippen molar-refractivity contribution >= 4 is 32.4 Å². The van der Waals surface area contributed by atoms with Gasteiger partial charge in [0.1, 0.15) is 5.69 Å². The summed E-state index contributed by atoms with van der Waals surface area (Å²) in [6, 6.07) is 8.58. The lowest BCUT2D eigenvalue weighted by molar-refractivity contribution is -0.120. The highest BCUT2D eigenvalue weighted by atomic mass is 32.2. The summed E-state index contributed by atoms with van der Waals surface area (Å²) in [4.78, 5) is 28.4. The van der Waals surface area contributed by atoms with Gasteiger partial charge in [-0.05, 0) is 23.9 Å². The fourth-order valence-electron chi connectivity index (χ4n) is 2.88. The minimum Gasteiger partial charge on any atom is -0.481 e. The molecular weight excluding hydrogens is 358 g/mol. The number of pyridine rings is 1. The van der Waals surface area contributed by atoms with Crippen molar-refractivity contribution in [2.45, 2.75) is 12.5 Å². The molecule has 1 fully saturated rings. The van der Waals surface area contributed by atoms with E-state index < -0.39 is 27.7 Å². The topological polar surface area (TPSA) is 114 Å². The van der Waals surface area contributed by atoms with Crippen molar-refractivity contribution in [1.29, 1.82) is 0 Å². The fraction of sp³-hybridized carbons (Fsp3) is 0.353. The average molecular weight is 377 g/mol. The van der Waals surface area contributed by atoms with E-state index in [1.165, 1.54) is 7.11 Å². The van der Waals surface area contributed by atoms with Crippen LogP contribution in [0.2, 0.25) is 0 Å². The molecule has 2 N–H and O–H groups in total. The van der Waals surface area contributed by atoms with E-state index in [9.17, 15) is 18.0 Å². The Morgan fingerprint density at radius 3 is 2.77 bits per heavy atom. The van der Waals surface area contributed by atoms with E-state index in [2.05, 4.69) is 15.6 Å². The van der Waals surface area contributed by atoms with Crippen LogP contribution in [0.4, 0.5) is 0 Å². The highest BCUT2D eigenvalue weighted by molar-refractivity contribution is 7.91. The summed E-state index contributed by atoms with van der Waals surface area (Å²) < 4.78 is 28.0. The van der Waals surface area contributed by atoms with Crippen molar-refractivity contribution in [2.24, 2.45) is 0 Å². The molecule has 0 saturated carbocycles. The lowest BCUT2D eigenvalue weighted by atomic mass is 10.1. The number of amides is 2. The van der Waals surface area contributed by atoms with Gasteiger partial charge in [-0.1, -0.05) is 18.2 Å². The minimum atomic E-state index is -3.07. The maximum atomic E-state index is 12.3. The van der Waals surface area contributed by atoms with Gasteiger partial charge < -0.3 is 15.4 Å². The van der Waals surface area contributed by atoms with E-state index in [1.807, 2.05) is 24.3 Å². The standard InChI is InChI=1S/C17H19N3O5S/c1-25-17-13-5-3-2-4-11(13)8-14(20-17)16(22)18-9-15(21)19-12-6-7-26(23,24)10-12/h2-5,8,12H,6-7,9-10H2,1H3,(H,18,22)(H,19,21). The highest BCUT2D eigenvalue weighted by Crippen LogP contribution is 2.24. The number of carbonyl (C=O) groups is 2. The second-order valence-corrected chi connectivity index (χ2v) is 8.32. The molecule has 1 unspecified atom stereocenters. The second kappa shape index (κ2) is 7.28. The largest absolute Gasteiger partial charge is 0.481 e. The molecule has 2 heterocycles. The van der Waals surface area contributed by atoms with Crippen LogP contribution in [-0.2, 0) is 14.6 Å². The zero-order valence-corrected chi connectivity index (χ0v) is 15.0. The highest BCUT2D eigenvalue weighted by Gasteiger charge is 2.28. The van der Waals surface area contributed by atoms with E-state index in [4.69, 9.17) is 4.74 Å². The van der Waals surface area contributed by atoms with E-state index in [1.54, 1.807) is 6.07 Å². The van der Waals surface area contributed by atoms with E-state index >= 15 is 0 Å². The molecule has 1 aromatic carbocycles. The molecule has 0 aliphatic carbocycles. The Kier molecular flexibility index (Phi) is 5.08. The van der Waals surface area contributed by atoms with E-state index in [0.717, 1.165) is 10.8 Å². The van der Waals surface area contributed by atoms with Crippen LogP contribution >= 0.6 is 0 Å². The Balaban J connectivity index is 1.63. The lowest BCUT2D eigenvalue weighted by Gasteiger charge is -2.12. The molecule has 0 bridgehead atoms. The molecule has 3 rings (SSSR count). The zero-order valence-electron chi connectivity index (χ0n) is 14.2. The summed E-state index contributed by atoms with van der Waals surface area (Å²) >= 11 is 0. The second-order valence-electron chi connectivity index (χ2n) is 6.09. The van der Waals surface area contributed by atoms with Crippen LogP contribution in [0.3, 0.4) is 0 Å². The molecule has 9 heteroatoms. The molecule has 138 valence electrons. The van der Waals surface area contributed by atoms with Crippen molar-refractivity contribution in [2.75, 3.05) is 25.2 Å². The van der Waals surface area contributed by atoms with Crippen LogP contribution in [0.1, 0.15) is 16.9 Å². The summed E-state index contributed by atoms with van der Waals surface area (Å²) in [6.45, 7) is -0.258. The van der Waals surface area contributed by atoms with Gasteiger partial charge in [-0.15, -0.1) is 0 Å². The van der Waals surface area contributed by atoms with Gasteiger partial charge >= 0.3 is 0 Å². The van der Waals surface area contributed by atoms with Crippen molar-refractivity contribution in [3.63, 3.8) is 0 Å². The number of aromatic nitrogens is 1. The lowest BCUT2D eigenvalue weighted by Crippen LogP contribution is -2.42. The number of hydrogen-bond donors (Lipinski definition) is 2. The Morgan fingerprint density at radius 2 is 2.08 bits per heavy atom. The van der Waals surface area contributed by atoms with Gasteiger partial charge in [0.25, 0.3) is 5.91 Å². The summed E-state index contributed by atoms with van der Waals surface area (Å²) in [5.74, 6) is -0.605. The molecule has 1 aromatic heterocycles. The van der Waals surface area contributed by atoms with Gasteiger partial charge in [-0.3, -0.25) is 9.59 Å². The number of benzene rings is 1. The first-order valence-electron chi connectivity index (χ1n) is 8.10. The number of methoxy groups -OCH3 is 1. The quantitative estimate of drug-likeness (QED) is 0.773. The van der Waals surface area contributed by atoms with Gasteiger partial charge in [-0.25, -0.2) is 13.4 Å². The maximum absolute atomic E-state index is 12.3. The van der Waals surface area contributed by atoms with Gasteiger partial charge in [0, 0.05) is 11.4 Å². The molecule has 1 saturated heterocycles. The molecular formula is C17H19N3O5S. The molecule has 2 aromatic rings. The number of sulfone groups is 1. The molecule has 8 nitrogen and oxygen atoms in total. The van der Waals surface area contributed by atoms with Crippen LogP contribution < -0.4 is 15.4 Å². The van der Waals surface area contributed by atoms with Crippen LogP contribution in [0.5, 0.6) is 5.88 Å². The van der Waals surface area contributed by atoms with Crippen LogP contribution in [0.15, 0.2) is 30.3 Å². The number of nitrogens with zero attached hydrogens (tertiary/aromatic N) is 1. The molecule has 1 atom stereocenters. The summed E-state index contributed by atoms with van der Waals surface area (Å²) in [7, 11) is -1.60. The fourth-order valence-corrected chi connectivity index (χ4v) is 4.55. The molecule has 2 amide bonds. The molecule has 26 heavy (non-hydrogen) atoms. The van der Waals surface area contributed by atoms with Crippen molar-refractivity contribution in [3.8, 4) is 5.88 Å². The smallest absolute Gasteiger partial charge is 0.270 e. The summed E-state index contributed by atoms with van der Waals surface area (Å²) in [5.41, 5.74) is 0.136. The minimum absolute atomic E-state index is 0.0594. The molecule has 1 aliphatic rings. The van der Waals surface area contributed by atoms with Crippen molar-refractivity contribution in [3.05, 3.63) is 36.0 Å². The van der Waals surface area contributed by atoms with Crippen LogP contribution in [0, 0.1) is 0 Å². The number of nitrogens with one attached hydrogen (secondary N) is 2. The Hall–Kier alpha value is -2.68. The van der Waals surface area contributed by atoms with Crippen molar-refractivity contribution < 1.29 is 22.7 Å². The predicted molar refractivity (Wildman–Crippen MR) is 95.8 cm³/mol. The number of ether oxygens (including phenoxy) is 1. The summed E-state index contributed by atoms with van der Waals surface area (Å²) in [5, 5.41) is 6.69. The third-order valence-electron chi connectivity index (χ3n) is 4.14. The molecule has 0 radical (unpaired) electrons. The first-order chi connectivity index (χ1) is 12.4. The summed E-state index contributed by atoms with van der Waals surface area (Å²) in [6.07, 6.45) is 0.394. The molecule has 1 aliphatic heterocycles. The van der Waals surface area contributed by atoms with Gasteiger partial charge in [0.15, 0.2) is 9.84 Å². The number of rotatable bonds is 5. The maximum Gasteiger partial charge on any atom is 0.270 e. The normalized spacial score (nSPS) is 18.4. The molecule has 0 spiro atoms. The van der Waals surface area contributed by atoms with E-state index in [0.29, 0.717) is 12.3 Å². The average Bonchev–Trinajstić information content (AvgIpc) is 2.96. The Labute approximate surface area is 150 Å². The van der Waals surface area contributed by atoms with Crippen molar-refractivity contribution in [1.82, 2.24) is 15.6 Å². The van der Waals surface area contributed by atoms with Crippen LogP contribution in [0.25, 0.3) is 10.8 Å². The SMILES string of the molecule is COc1nc(C(=O)NCC(=O)NC2CCS(=O)(=O)C2)cc2ccccc12. The van der Waals surface area contributed by atoms with Gasteiger partial charge in [0.05, 0.1) is 25.2 Å². The first-order valence-corrected chi connectivity index (χ1v) is 9.92. The third-order valence-corrected chi connectivity index (χ3v) is 5.91. The Morgan fingerprint density at radius 1 is 1.31 bits per heavy atom. The number of carbonyl (C=O) groups excluding carboxylic acids is 2. The van der Waals surface area contributed by atoms with E-state index in [-0.39, 0.29) is 23.7 Å². The predicted octanol–water partition coefficient (Wildman–Crippen LogP) is 0.277. The number of hydrogen-bond acceptors (Lipinski definition) is 6. The Bertz CT molecular complexity index is 958.